The zero-order valence-corrected chi connectivity index (χ0v) is 10.5. The van der Waals surface area contributed by atoms with Gasteiger partial charge in [0.25, 0.3) is 0 Å². The van der Waals surface area contributed by atoms with Crippen LogP contribution >= 0.6 is 11.6 Å². The molecular formula is C14H12ClFO2. The number of hydrogen-bond acceptors (Lipinski definition) is 2. The summed E-state index contributed by atoms with van der Waals surface area (Å²) < 4.78 is 19.2. The lowest BCUT2D eigenvalue weighted by Gasteiger charge is -2.13. The number of halogens is 2. The number of hydrogen-bond donors (Lipinski definition) is 1. The summed E-state index contributed by atoms with van der Waals surface area (Å²) in [5.74, 6) is -0.0716. The minimum absolute atomic E-state index is 0.0229. The maximum Gasteiger partial charge on any atom is 0.168 e. The molecule has 2 nitrogen and oxygen atoms in total. The SMILES string of the molecule is C[C@@H](O)c1cccc(F)c1Oc1cccc(Cl)c1. The van der Waals surface area contributed by atoms with Gasteiger partial charge < -0.3 is 9.84 Å². The normalized spacial score (nSPS) is 12.2. The number of ether oxygens (including phenoxy) is 1. The Hall–Kier alpha value is -1.58. The van der Waals surface area contributed by atoms with E-state index in [1.807, 2.05) is 0 Å². The van der Waals surface area contributed by atoms with Crippen LogP contribution in [-0.4, -0.2) is 5.11 Å². The highest BCUT2D eigenvalue weighted by Crippen LogP contribution is 2.32. The van der Waals surface area contributed by atoms with Gasteiger partial charge in [-0.2, -0.15) is 0 Å². The van der Waals surface area contributed by atoms with Gasteiger partial charge in [0.1, 0.15) is 5.75 Å². The van der Waals surface area contributed by atoms with Crippen molar-refractivity contribution in [3.8, 4) is 11.5 Å². The van der Waals surface area contributed by atoms with Gasteiger partial charge in [0, 0.05) is 10.6 Å². The number of aliphatic hydroxyl groups is 1. The van der Waals surface area contributed by atoms with E-state index >= 15 is 0 Å². The van der Waals surface area contributed by atoms with Crippen molar-refractivity contribution in [1.82, 2.24) is 0 Å². The molecule has 18 heavy (non-hydrogen) atoms. The molecule has 94 valence electrons. The van der Waals surface area contributed by atoms with Crippen LogP contribution in [-0.2, 0) is 0 Å². The van der Waals surface area contributed by atoms with Crippen LogP contribution in [0.25, 0.3) is 0 Å². The van der Waals surface area contributed by atoms with Crippen LogP contribution in [0.1, 0.15) is 18.6 Å². The van der Waals surface area contributed by atoms with Gasteiger partial charge in [-0.05, 0) is 31.2 Å². The van der Waals surface area contributed by atoms with Crippen LogP contribution in [0.5, 0.6) is 11.5 Å². The number of benzene rings is 2. The lowest BCUT2D eigenvalue weighted by Crippen LogP contribution is -1.98. The number of rotatable bonds is 3. The van der Waals surface area contributed by atoms with Crippen LogP contribution < -0.4 is 4.74 Å². The molecule has 0 aliphatic heterocycles. The summed E-state index contributed by atoms with van der Waals surface area (Å²) in [7, 11) is 0. The molecule has 4 heteroatoms. The molecule has 0 aliphatic carbocycles. The van der Waals surface area contributed by atoms with Crippen molar-refractivity contribution < 1.29 is 14.2 Å². The van der Waals surface area contributed by atoms with Crippen LogP contribution in [0, 0.1) is 5.82 Å². The van der Waals surface area contributed by atoms with Crippen molar-refractivity contribution in [2.24, 2.45) is 0 Å². The molecule has 0 spiro atoms. The second-order valence-corrected chi connectivity index (χ2v) is 4.33. The van der Waals surface area contributed by atoms with Crippen molar-refractivity contribution in [2.75, 3.05) is 0 Å². The van der Waals surface area contributed by atoms with E-state index in [2.05, 4.69) is 0 Å². The molecule has 0 saturated carbocycles. The van der Waals surface area contributed by atoms with E-state index in [0.29, 0.717) is 16.3 Å². The Labute approximate surface area is 110 Å². The van der Waals surface area contributed by atoms with Gasteiger partial charge >= 0.3 is 0 Å². The molecular weight excluding hydrogens is 255 g/mol. The molecule has 0 aromatic heterocycles. The molecule has 0 aliphatic rings. The van der Waals surface area contributed by atoms with Gasteiger partial charge in [0.05, 0.1) is 6.10 Å². The monoisotopic (exact) mass is 266 g/mol. The van der Waals surface area contributed by atoms with E-state index in [1.54, 1.807) is 37.3 Å². The quantitative estimate of drug-likeness (QED) is 0.896. The van der Waals surface area contributed by atoms with Gasteiger partial charge in [-0.15, -0.1) is 0 Å². The summed E-state index contributed by atoms with van der Waals surface area (Å²) in [6.07, 6.45) is -0.810. The Kier molecular flexibility index (Phi) is 3.84. The topological polar surface area (TPSA) is 29.5 Å². The molecule has 0 bridgehead atoms. The first kappa shape index (κ1) is 12.9. The number of para-hydroxylation sites is 1. The van der Waals surface area contributed by atoms with E-state index in [1.165, 1.54) is 12.1 Å². The van der Waals surface area contributed by atoms with Crippen LogP contribution in [0.2, 0.25) is 5.02 Å². The minimum Gasteiger partial charge on any atom is -0.454 e. The minimum atomic E-state index is -0.810. The molecule has 0 amide bonds. The summed E-state index contributed by atoms with van der Waals surface area (Å²) in [5, 5.41) is 10.1. The average Bonchev–Trinajstić information content (AvgIpc) is 2.31. The molecule has 2 aromatic carbocycles. The Balaban J connectivity index is 2.39. The van der Waals surface area contributed by atoms with Crippen molar-refractivity contribution >= 4 is 11.6 Å². The average molecular weight is 267 g/mol. The summed E-state index contributed by atoms with van der Waals surface area (Å²) in [6.45, 7) is 1.56. The summed E-state index contributed by atoms with van der Waals surface area (Å²) >= 11 is 5.83. The smallest absolute Gasteiger partial charge is 0.168 e. The molecule has 0 heterocycles. The molecule has 0 radical (unpaired) electrons. The van der Waals surface area contributed by atoms with E-state index < -0.39 is 11.9 Å². The summed E-state index contributed by atoms with van der Waals surface area (Å²) in [5.41, 5.74) is 0.398. The van der Waals surface area contributed by atoms with Crippen LogP contribution in [0.3, 0.4) is 0 Å². The first-order valence-corrected chi connectivity index (χ1v) is 5.85. The Morgan fingerprint density at radius 3 is 2.61 bits per heavy atom. The molecule has 0 saturated heterocycles. The molecule has 1 atom stereocenters. The van der Waals surface area contributed by atoms with Crippen molar-refractivity contribution in [3.05, 3.63) is 58.9 Å². The van der Waals surface area contributed by atoms with Gasteiger partial charge in [0.2, 0.25) is 0 Å². The van der Waals surface area contributed by atoms with Crippen molar-refractivity contribution in [1.29, 1.82) is 0 Å². The second kappa shape index (κ2) is 5.38. The number of aliphatic hydroxyl groups excluding tert-OH is 1. The van der Waals surface area contributed by atoms with Crippen LogP contribution in [0.15, 0.2) is 42.5 Å². The maximum atomic E-state index is 13.7. The van der Waals surface area contributed by atoms with Gasteiger partial charge in [0.15, 0.2) is 11.6 Å². The Morgan fingerprint density at radius 1 is 1.22 bits per heavy atom. The fourth-order valence-corrected chi connectivity index (χ4v) is 1.79. The summed E-state index contributed by atoms with van der Waals surface area (Å²) in [4.78, 5) is 0. The highest BCUT2D eigenvalue weighted by Gasteiger charge is 2.14. The van der Waals surface area contributed by atoms with Crippen LogP contribution in [0.4, 0.5) is 4.39 Å². The molecule has 1 N–H and O–H groups in total. The standard InChI is InChI=1S/C14H12ClFO2/c1-9(17)12-6-3-7-13(16)14(12)18-11-5-2-4-10(15)8-11/h2-9,17H,1H3/t9-/m1/s1. The fraction of sp³-hybridized carbons (Fsp3) is 0.143. The second-order valence-electron chi connectivity index (χ2n) is 3.89. The third-order valence-electron chi connectivity index (χ3n) is 2.46. The van der Waals surface area contributed by atoms with Crippen molar-refractivity contribution in [2.45, 2.75) is 13.0 Å². The Morgan fingerprint density at radius 2 is 1.94 bits per heavy atom. The van der Waals surface area contributed by atoms with E-state index in [0.717, 1.165) is 0 Å². The van der Waals surface area contributed by atoms with Crippen molar-refractivity contribution in [3.63, 3.8) is 0 Å². The Bertz CT molecular complexity index is 555. The van der Waals surface area contributed by atoms with Gasteiger partial charge in [-0.25, -0.2) is 4.39 Å². The van der Waals surface area contributed by atoms with E-state index in [9.17, 15) is 9.50 Å². The van der Waals surface area contributed by atoms with Gasteiger partial charge in [-0.3, -0.25) is 0 Å². The van der Waals surface area contributed by atoms with Gasteiger partial charge in [-0.1, -0.05) is 29.8 Å². The fourth-order valence-electron chi connectivity index (χ4n) is 1.61. The highest BCUT2D eigenvalue weighted by molar-refractivity contribution is 6.30. The highest BCUT2D eigenvalue weighted by atomic mass is 35.5. The predicted octanol–water partition coefficient (Wildman–Crippen LogP) is 4.32. The summed E-state index contributed by atoms with van der Waals surface area (Å²) in [6, 6.07) is 11.1. The molecule has 2 aromatic rings. The lowest BCUT2D eigenvalue weighted by atomic mass is 10.1. The third-order valence-corrected chi connectivity index (χ3v) is 2.70. The molecule has 0 unspecified atom stereocenters. The molecule has 2 rings (SSSR count). The first-order chi connectivity index (χ1) is 8.58. The zero-order chi connectivity index (χ0) is 13.1. The predicted molar refractivity (Wildman–Crippen MR) is 68.6 cm³/mol. The first-order valence-electron chi connectivity index (χ1n) is 5.48. The molecule has 0 fully saturated rings. The maximum absolute atomic E-state index is 13.7. The van der Waals surface area contributed by atoms with E-state index in [4.69, 9.17) is 16.3 Å². The van der Waals surface area contributed by atoms with E-state index in [-0.39, 0.29) is 5.75 Å². The largest absolute Gasteiger partial charge is 0.454 e. The lowest BCUT2D eigenvalue weighted by molar-refractivity contribution is 0.194. The zero-order valence-electron chi connectivity index (χ0n) is 9.73. The third kappa shape index (κ3) is 2.81.